The largest absolute Gasteiger partial charge is 0.461 e. The molecular weight excluding hydrogens is 208 g/mol. The van der Waals surface area contributed by atoms with Crippen molar-refractivity contribution in [3.63, 3.8) is 0 Å². The third-order valence-corrected chi connectivity index (χ3v) is 2.93. The number of carbonyl (C=O) groups is 1. The maximum Gasteiger partial charge on any atom is 0.306 e. The molecule has 1 saturated heterocycles. The molecule has 0 unspecified atom stereocenters. The summed E-state index contributed by atoms with van der Waals surface area (Å²) in [4.78, 5) is 11.1. The van der Waals surface area contributed by atoms with E-state index in [-0.39, 0.29) is 12.1 Å². The van der Waals surface area contributed by atoms with E-state index in [4.69, 9.17) is 4.74 Å². The lowest BCUT2D eigenvalue weighted by atomic mass is 10.1. The van der Waals surface area contributed by atoms with E-state index in [0.29, 0.717) is 11.2 Å². The molecule has 1 heterocycles. The van der Waals surface area contributed by atoms with Crippen molar-refractivity contribution < 1.29 is 9.53 Å². The van der Waals surface area contributed by atoms with E-state index in [9.17, 15) is 4.79 Å². The van der Waals surface area contributed by atoms with E-state index in [1.54, 1.807) is 0 Å². The maximum absolute atomic E-state index is 10.7. The molecule has 0 aliphatic carbocycles. The van der Waals surface area contributed by atoms with Crippen LogP contribution in [0.25, 0.3) is 0 Å². The predicted molar refractivity (Wildman–Crippen MR) is 46.7 cm³/mol. The van der Waals surface area contributed by atoms with Gasteiger partial charge in [0, 0.05) is 6.42 Å². The molecule has 0 saturated carbocycles. The van der Waals surface area contributed by atoms with Crippen LogP contribution in [0.2, 0.25) is 0 Å². The van der Waals surface area contributed by atoms with Crippen molar-refractivity contribution in [1.29, 1.82) is 0 Å². The van der Waals surface area contributed by atoms with Gasteiger partial charge in [-0.2, -0.15) is 0 Å². The van der Waals surface area contributed by atoms with Gasteiger partial charge in [-0.25, -0.2) is 0 Å². The lowest BCUT2D eigenvalue weighted by molar-refractivity contribution is -0.141. The molecule has 0 radical (unpaired) electrons. The van der Waals surface area contributed by atoms with Crippen LogP contribution in [-0.4, -0.2) is 16.9 Å². The van der Waals surface area contributed by atoms with E-state index in [2.05, 4.69) is 22.9 Å². The van der Waals surface area contributed by atoms with Gasteiger partial charge in [-0.1, -0.05) is 29.3 Å². The van der Waals surface area contributed by atoms with Crippen molar-refractivity contribution in [2.45, 2.75) is 43.5 Å². The molecule has 0 spiro atoms. The number of halogens is 1. The number of alkyl halides is 1. The smallest absolute Gasteiger partial charge is 0.306 e. The number of hydrogen-bond donors (Lipinski definition) is 0. The highest BCUT2D eigenvalue weighted by Gasteiger charge is 2.28. The molecule has 0 bridgehead atoms. The molecule has 0 aromatic carbocycles. The number of carbonyl (C=O) groups excluding carboxylic acids is 1. The second-order valence-electron chi connectivity index (χ2n) is 2.87. The van der Waals surface area contributed by atoms with Crippen molar-refractivity contribution in [3.05, 3.63) is 0 Å². The molecule has 0 aromatic rings. The second-order valence-corrected chi connectivity index (χ2v) is 4.05. The quantitative estimate of drug-likeness (QED) is 0.539. The van der Waals surface area contributed by atoms with E-state index < -0.39 is 0 Å². The third-order valence-electron chi connectivity index (χ3n) is 1.88. The van der Waals surface area contributed by atoms with Crippen LogP contribution >= 0.6 is 15.9 Å². The predicted octanol–water partition coefficient (Wildman–Crippen LogP) is 2.26. The first-order valence-electron chi connectivity index (χ1n) is 4.07. The summed E-state index contributed by atoms with van der Waals surface area (Å²) < 4.78 is 5.09. The molecule has 11 heavy (non-hydrogen) atoms. The van der Waals surface area contributed by atoms with Crippen molar-refractivity contribution in [1.82, 2.24) is 0 Å². The van der Waals surface area contributed by atoms with Crippen LogP contribution in [0.1, 0.15) is 32.6 Å². The molecule has 2 nitrogen and oxygen atoms in total. The van der Waals surface area contributed by atoms with Gasteiger partial charge >= 0.3 is 5.97 Å². The summed E-state index contributed by atoms with van der Waals surface area (Å²) in [6.07, 6.45) is 3.81. The third kappa shape index (κ3) is 2.47. The topological polar surface area (TPSA) is 26.3 Å². The summed E-state index contributed by atoms with van der Waals surface area (Å²) in [5.74, 6) is -0.0458. The Bertz CT molecular complexity index is 147. The van der Waals surface area contributed by atoms with Crippen molar-refractivity contribution in [2.75, 3.05) is 0 Å². The number of cyclic esters (lactones) is 1. The Kier molecular flexibility index (Phi) is 3.37. The van der Waals surface area contributed by atoms with Gasteiger partial charge in [0.25, 0.3) is 0 Å². The second kappa shape index (κ2) is 4.10. The Morgan fingerprint density at radius 2 is 2.55 bits per heavy atom. The first kappa shape index (κ1) is 9.04. The van der Waals surface area contributed by atoms with Crippen LogP contribution in [0.5, 0.6) is 0 Å². The summed E-state index contributed by atoms with van der Waals surface area (Å²) >= 11 is 3.52. The minimum absolute atomic E-state index is 0.0458. The van der Waals surface area contributed by atoms with Gasteiger partial charge in [-0.05, 0) is 12.8 Å². The molecule has 0 N–H and O–H groups in total. The Hall–Kier alpha value is -0.0500. The molecule has 1 aliphatic heterocycles. The van der Waals surface area contributed by atoms with E-state index >= 15 is 0 Å². The summed E-state index contributed by atoms with van der Waals surface area (Å²) in [6, 6.07) is 0. The highest BCUT2D eigenvalue weighted by atomic mass is 79.9. The van der Waals surface area contributed by atoms with E-state index in [1.165, 1.54) is 0 Å². The first-order valence-corrected chi connectivity index (χ1v) is 4.99. The molecule has 1 rings (SSSR count). The van der Waals surface area contributed by atoms with Gasteiger partial charge in [0.15, 0.2) is 0 Å². The Morgan fingerprint density at radius 3 is 3.00 bits per heavy atom. The molecule has 64 valence electrons. The van der Waals surface area contributed by atoms with Crippen LogP contribution in [0.15, 0.2) is 0 Å². The van der Waals surface area contributed by atoms with Crippen LogP contribution in [0, 0.1) is 0 Å². The molecule has 2 atom stereocenters. The minimum atomic E-state index is -0.0458. The van der Waals surface area contributed by atoms with Crippen molar-refractivity contribution in [3.8, 4) is 0 Å². The molecular formula is C8H13BrO2. The van der Waals surface area contributed by atoms with Gasteiger partial charge in [0.05, 0.1) is 4.83 Å². The molecule has 0 amide bonds. The van der Waals surface area contributed by atoms with Gasteiger partial charge in [-0.3, -0.25) is 4.79 Å². The fourth-order valence-corrected chi connectivity index (χ4v) is 2.09. The Labute approximate surface area is 75.4 Å². The Balaban J connectivity index is 2.30. The maximum atomic E-state index is 10.7. The van der Waals surface area contributed by atoms with Crippen molar-refractivity contribution >= 4 is 21.9 Å². The van der Waals surface area contributed by atoms with E-state index in [0.717, 1.165) is 19.3 Å². The van der Waals surface area contributed by atoms with Gasteiger partial charge < -0.3 is 4.74 Å². The van der Waals surface area contributed by atoms with Crippen LogP contribution < -0.4 is 0 Å². The molecule has 3 heteroatoms. The van der Waals surface area contributed by atoms with Crippen LogP contribution in [0.3, 0.4) is 0 Å². The molecule has 1 fully saturated rings. The number of ether oxygens (including phenoxy) is 1. The van der Waals surface area contributed by atoms with Gasteiger partial charge in [0.1, 0.15) is 6.10 Å². The van der Waals surface area contributed by atoms with Gasteiger partial charge in [-0.15, -0.1) is 0 Å². The fourth-order valence-electron chi connectivity index (χ4n) is 1.26. The summed E-state index contributed by atoms with van der Waals surface area (Å²) in [5, 5.41) is 0. The number of rotatable bonds is 3. The Morgan fingerprint density at radius 1 is 1.82 bits per heavy atom. The molecule has 0 aromatic heterocycles. The number of esters is 1. The standard InChI is InChI=1S/C8H13BrO2/c1-2-3-6(9)7-4-5-8(10)11-7/h6-7H,2-5H2,1H3/t6-,7+/m1/s1. The van der Waals surface area contributed by atoms with Crippen LogP contribution in [-0.2, 0) is 9.53 Å². The average Bonchev–Trinajstić information content (AvgIpc) is 2.36. The zero-order chi connectivity index (χ0) is 8.27. The zero-order valence-corrected chi connectivity index (χ0v) is 8.26. The highest BCUT2D eigenvalue weighted by Crippen LogP contribution is 2.24. The number of hydrogen-bond acceptors (Lipinski definition) is 2. The van der Waals surface area contributed by atoms with Gasteiger partial charge in [0.2, 0.25) is 0 Å². The lowest BCUT2D eigenvalue weighted by Crippen LogP contribution is -2.19. The minimum Gasteiger partial charge on any atom is -0.461 e. The monoisotopic (exact) mass is 220 g/mol. The van der Waals surface area contributed by atoms with Crippen LogP contribution in [0.4, 0.5) is 0 Å². The summed E-state index contributed by atoms with van der Waals surface area (Å²) in [7, 11) is 0. The van der Waals surface area contributed by atoms with Crippen molar-refractivity contribution in [2.24, 2.45) is 0 Å². The lowest BCUT2D eigenvalue weighted by Gasteiger charge is -2.14. The SMILES string of the molecule is CCC[C@@H](Br)[C@@H]1CCC(=O)O1. The average molecular weight is 221 g/mol. The summed E-state index contributed by atoms with van der Waals surface area (Å²) in [6.45, 7) is 2.13. The normalized spacial score (nSPS) is 26.7. The molecule has 1 aliphatic rings. The summed E-state index contributed by atoms with van der Waals surface area (Å²) in [5.41, 5.74) is 0. The highest BCUT2D eigenvalue weighted by molar-refractivity contribution is 9.09. The first-order chi connectivity index (χ1) is 5.24. The fraction of sp³-hybridized carbons (Fsp3) is 0.875. The van der Waals surface area contributed by atoms with E-state index in [1.807, 2.05) is 0 Å². The zero-order valence-electron chi connectivity index (χ0n) is 6.68.